The highest BCUT2D eigenvalue weighted by molar-refractivity contribution is 5.33. The Morgan fingerprint density at radius 2 is 2.20 bits per heavy atom. The molecule has 0 aromatic heterocycles. The molecule has 0 saturated heterocycles. The molecule has 0 spiro atoms. The maximum atomic E-state index is 3.49. The van der Waals surface area contributed by atoms with E-state index in [9.17, 15) is 0 Å². The molecule has 1 heterocycles. The van der Waals surface area contributed by atoms with Crippen LogP contribution in [0.1, 0.15) is 42.9 Å². The summed E-state index contributed by atoms with van der Waals surface area (Å²) in [4.78, 5) is 0. The first-order valence-electron chi connectivity index (χ1n) is 6.21. The lowest BCUT2D eigenvalue weighted by molar-refractivity contribution is 0.680. The second-order valence-electron chi connectivity index (χ2n) is 4.49. The van der Waals surface area contributed by atoms with Gasteiger partial charge in [0.05, 0.1) is 0 Å². The highest BCUT2D eigenvalue weighted by Gasteiger charge is 2.07. The second-order valence-corrected chi connectivity index (χ2v) is 4.49. The first-order valence-corrected chi connectivity index (χ1v) is 6.21. The third-order valence-corrected chi connectivity index (χ3v) is 3.20. The Kier molecular flexibility index (Phi) is 3.79. The maximum absolute atomic E-state index is 3.49. The largest absolute Gasteiger partial charge is 0.313 e. The zero-order chi connectivity index (χ0) is 10.5. The van der Waals surface area contributed by atoms with Crippen LogP contribution in [0.15, 0.2) is 18.2 Å². The molecule has 0 aliphatic carbocycles. The van der Waals surface area contributed by atoms with Gasteiger partial charge in [0.1, 0.15) is 0 Å². The van der Waals surface area contributed by atoms with Crippen molar-refractivity contribution in [3.8, 4) is 0 Å². The van der Waals surface area contributed by atoms with Crippen LogP contribution < -0.4 is 5.32 Å². The molecule has 1 aromatic rings. The normalized spacial score (nSPS) is 15.8. The summed E-state index contributed by atoms with van der Waals surface area (Å²) in [6.45, 7) is 4.49. The summed E-state index contributed by atoms with van der Waals surface area (Å²) in [5, 5.41) is 3.49. The Morgan fingerprint density at radius 1 is 1.27 bits per heavy atom. The van der Waals surface area contributed by atoms with Crippen molar-refractivity contribution >= 4 is 0 Å². The van der Waals surface area contributed by atoms with E-state index in [1.165, 1.54) is 49.8 Å². The Labute approximate surface area is 92.9 Å². The van der Waals surface area contributed by atoms with Crippen molar-refractivity contribution in [2.45, 2.75) is 45.6 Å². The molecule has 1 N–H and O–H groups in total. The van der Waals surface area contributed by atoms with Crippen LogP contribution in [0.4, 0.5) is 0 Å². The fourth-order valence-corrected chi connectivity index (χ4v) is 2.25. The van der Waals surface area contributed by atoms with Crippen molar-refractivity contribution in [2.75, 3.05) is 6.54 Å². The van der Waals surface area contributed by atoms with E-state index in [4.69, 9.17) is 0 Å². The first-order chi connectivity index (χ1) is 7.40. The molecular weight excluding hydrogens is 182 g/mol. The van der Waals surface area contributed by atoms with Gasteiger partial charge in [-0.15, -0.1) is 0 Å². The Morgan fingerprint density at radius 3 is 3.07 bits per heavy atom. The fraction of sp³-hybridized carbons (Fsp3) is 0.571. The SMILES string of the molecule is CCCCc1ccc2c(c1)CNCCC2. The standard InChI is InChI=1S/C14H21N/c1-2-3-5-12-7-8-13-6-4-9-15-11-14(13)10-12/h7-8,10,15H,2-6,9,11H2,1H3. The summed E-state index contributed by atoms with van der Waals surface area (Å²) in [6, 6.07) is 7.07. The van der Waals surface area contributed by atoms with Crippen molar-refractivity contribution in [1.82, 2.24) is 5.32 Å². The molecule has 0 fully saturated rings. The number of hydrogen-bond acceptors (Lipinski definition) is 1. The van der Waals surface area contributed by atoms with Gasteiger partial charge < -0.3 is 5.32 Å². The quantitative estimate of drug-likeness (QED) is 0.796. The molecule has 2 rings (SSSR count). The highest BCUT2D eigenvalue weighted by atomic mass is 14.8. The van der Waals surface area contributed by atoms with Gasteiger partial charge in [-0.25, -0.2) is 0 Å². The van der Waals surface area contributed by atoms with Crippen LogP contribution in [0.5, 0.6) is 0 Å². The number of benzene rings is 1. The lowest BCUT2D eigenvalue weighted by atomic mass is 9.99. The monoisotopic (exact) mass is 203 g/mol. The summed E-state index contributed by atoms with van der Waals surface area (Å²) < 4.78 is 0. The number of unbranched alkanes of at least 4 members (excludes halogenated alkanes) is 1. The minimum Gasteiger partial charge on any atom is -0.313 e. The van der Waals surface area contributed by atoms with E-state index < -0.39 is 0 Å². The number of fused-ring (bicyclic) bond motifs is 1. The molecule has 1 nitrogen and oxygen atoms in total. The van der Waals surface area contributed by atoms with Gasteiger partial charge >= 0.3 is 0 Å². The molecule has 0 bridgehead atoms. The molecule has 1 aliphatic heterocycles. The van der Waals surface area contributed by atoms with Crippen LogP contribution in [0.3, 0.4) is 0 Å². The van der Waals surface area contributed by atoms with Crippen LogP contribution in [0.25, 0.3) is 0 Å². The number of nitrogens with one attached hydrogen (secondary N) is 1. The average molecular weight is 203 g/mol. The van der Waals surface area contributed by atoms with Gasteiger partial charge in [0, 0.05) is 6.54 Å². The van der Waals surface area contributed by atoms with Crippen LogP contribution in [0.2, 0.25) is 0 Å². The summed E-state index contributed by atoms with van der Waals surface area (Å²) in [5.74, 6) is 0. The van der Waals surface area contributed by atoms with E-state index >= 15 is 0 Å². The van der Waals surface area contributed by atoms with E-state index in [1.807, 2.05) is 0 Å². The molecule has 0 amide bonds. The van der Waals surface area contributed by atoms with Gasteiger partial charge in [-0.1, -0.05) is 31.5 Å². The van der Waals surface area contributed by atoms with E-state index in [2.05, 4.69) is 30.4 Å². The molecule has 0 unspecified atom stereocenters. The van der Waals surface area contributed by atoms with E-state index in [0.29, 0.717) is 0 Å². The Balaban J connectivity index is 2.13. The van der Waals surface area contributed by atoms with E-state index in [1.54, 1.807) is 5.56 Å². The Bertz CT molecular complexity index is 317. The zero-order valence-electron chi connectivity index (χ0n) is 9.68. The van der Waals surface area contributed by atoms with Crippen molar-refractivity contribution in [1.29, 1.82) is 0 Å². The van der Waals surface area contributed by atoms with Gasteiger partial charge in [-0.05, 0) is 48.9 Å². The van der Waals surface area contributed by atoms with E-state index in [0.717, 1.165) is 6.54 Å². The molecule has 0 atom stereocenters. The van der Waals surface area contributed by atoms with Gasteiger partial charge in [-0.3, -0.25) is 0 Å². The molecule has 0 radical (unpaired) electrons. The van der Waals surface area contributed by atoms with Crippen molar-refractivity contribution in [3.05, 3.63) is 34.9 Å². The summed E-state index contributed by atoms with van der Waals surface area (Å²) in [5.41, 5.74) is 4.60. The predicted molar refractivity (Wildman–Crippen MR) is 65.1 cm³/mol. The molecule has 15 heavy (non-hydrogen) atoms. The lowest BCUT2D eigenvalue weighted by Crippen LogP contribution is -2.12. The lowest BCUT2D eigenvalue weighted by Gasteiger charge is -2.08. The first kappa shape index (κ1) is 10.7. The second kappa shape index (κ2) is 5.32. The molecule has 1 heteroatoms. The van der Waals surface area contributed by atoms with Crippen molar-refractivity contribution in [2.24, 2.45) is 0 Å². The van der Waals surface area contributed by atoms with Crippen LogP contribution in [0, 0.1) is 0 Å². The van der Waals surface area contributed by atoms with Crippen LogP contribution in [-0.2, 0) is 19.4 Å². The molecule has 82 valence electrons. The summed E-state index contributed by atoms with van der Waals surface area (Å²) >= 11 is 0. The minimum absolute atomic E-state index is 1.06. The average Bonchev–Trinajstić information content (AvgIpc) is 2.50. The fourth-order valence-electron chi connectivity index (χ4n) is 2.25. The number of rotatable bonds is 3. The zero-order valence-corrected chi connectivity index (χ0v) is 9.68. The number of hydrogen-bond donors (Lipinski definition) is 1. The smallest absolute Gasteiger partial charge is 0.0208 e. The summed E-state index contributed by atoms with van der Waals surface area (Å²) in [7, 11) is 0. The summed E-state index contributed by atoms with van der Waals surface area (Å²) in [6.07, 6.45) is 6.36. The highest BCUT2D eigenvalue weighted by Crippen LogP contribution is 2.17. The third-order valence-electron chi connectivity index (χ3n) is 3.20. The van der Waals surface area contributed by atoms with Crippen molar-refractivity contribution < 1.29 is 0 Å². The minimum atomic E-state index is 1.06. The molecular formula is C14H21N. The van der Waals surface area contributed by atoms with Gasteiger partial charge in [0.25, 0.3) is 0 Å². The predicted octanol–water partition coefficient (Wildman–Crippen LogP) is 3.07. The number of aryl methyl sites for hydroxylation is 2. The van der Waals surface area contributed by atoms with Gasteiger partial charge in [0.15, 0.2) is 0 Å². The topological polar surface area (TPSA) is 12.0 Å². The van der Waals surface area contributed by atoms with Crippen LogP contribution in [-0.4, -0.2) is 6.54 Å². The third kappa shape index (κ3) is 2.82. The van der Waals surface area contributed by atoms with Crippen LogP contribution >= 0.6 is 0 Å². The van der Waals surface area contributed by atoms with Gasteiger partial charge in [0.2, 0.25) is 0 Å². The maximum Gasteiger partial charge on any atom is 0.0208 e. The van der Waals surface area contributed by atoms with Crippen molar-refractivity contribution in [3.63, 3.8) is 0 Å². The van der Waals surface area contributed by atoms with Gasteiger partial charge in [-0.2, -0.15) is 0 Å². The van der Waals surface area contributed by atoms with E-state index in [-0.39, 0.29) is 0 Å². The molecule has 0 saturated carbocycles. The Hall–Kier alpha value is -0.820. The molecule has 1 aliphatic rings. The molecule has 1 aromatic carbocycles.